The van der Waals surface area contributed by atoms with Crippen LogP contribution in [-0.2, 0) is 0 Å². The van der Waals surface area contributed by atoms with Gasteiger partial charge in [0.1, 0.15) is 0 Å². The van der Waals surface area contributed by atoms with Crippen molar-refractivity contribution in [1.82, 2.24) is 10.1 Å². The normalized spacial score (nSPS) is 9.18. The van der Waals surface area contributed by atoms with E-state index >= 15 is 0 Å². The third-order valence-electron chi connectivity index (χ3n) is 2.16. The van der Waals surface area contributed by atoms with E-state index in [1.807, 2.05) is 12.1 Å². The summed E-state index contributed by atoms with van der Waals surface area (Å²) in [6, 6.07) is 20.8. The highest BCUT2D eigenvalue weighted by Crippen LogP contribution is 2.17. The molecule has 2 aromatic carbocycles. The van der Waals surface area contributed by atoms with E-state index in [9.17, 15) is 0 Å². The minimum absolute atomic E-state index is 1.26. The molecule has 3 nitrogen and oxygen atoms in total. The lowest BCUT2D eigenvalue weighted by molar-refractivity contribution is 0.416. The Hall–Kier alpha value is -2.42. The van der Waals surface area contributed by atoms with Crippen molar-refractivity contribution in [3.8, 4) is 11.1 Å². The predicted octanol–water partition coefficient (Wildman–Crippen LogP) is 3.42. The molecule has 0 N–H and O–H groups in total. The van der Waals surface area contributed by atoms with Crippen molar-refractivity contribution in [3.63, 3.8) is 0 Å². The van der Waals surface area contributed by atoms with Gasteiger partial charge in [0.05, 0.1) is 0 Å². The first-order valence-electron chi connectivity index (χ1n) is 5.26. The first-order valence-corrected chi connectivity index (χ1v) is 5.26. The summed E-state index contributed by atoms with van der Waals surface area (Å²) < 4.78 is 4.22. The molecular formula is C14H12N2O. The lowest BCUT2D eigenvalue weighted by Crippen LogP contribution is -1.73. The standard InChI is InChI=1S/C12H10.C2H2N2O/c1-3-7-11(8-4-1)12-9-5-2-6-10-12;1-3-2-5-4-1/h1-10H;1-2H. The molecule has 3 rings (SSSR count). The molecule has 0 aliphatic carbocycles. The summed E-state index contributed by atoms with van der Waals surface area (Å²) >= 11 is 0. The topological polar surface area (TPSA) is 38.9 Å². The zero-order valence-corrected chi connectivity index (χ0v) is 9.23. The van der Waals surface area contributed by atoms with Gasteiger partial charge in [-0.25, -0.2) is 4.98 Å². The van der Waals surface area contributed by atoms with Crippen molar-refractivity contribution in [2.24, 2.45) is 0 Å². The zero-order chi connectivity index (χ0) is 11.8. The van der Waals surface area contributed by atoms with E-state index in [2.05, 4.69) is 63.2 Å². The van der Waals surface area contributed by atoms with Crippen LogP contribution in [0.4, 0.5) is 0 Å². The number of nitrogens with zero attached hydrogens (tertiary/aromatic N) is 2. The molecule has 0 unspecified atom stereocenters. The van der Waals surface area contributed by atoms with E-state index in [1.165, 1.54) is 23.8 Å². The first kappa shape index (κ1) is 11.1. The third kappa shape index (κ3) is 3.57. The van der Waals surface area contributed by atoms with Crippen molar-refractivity contribution in [3.05, 3.63) is 73.4 Å². The molecule has 84 valence electrons. The van der Waals surface area contributed by atoms with Gasteiger partial charge in [-0.1, -0.05) is 65.8 Å². The van der Waals surface area contributed by atoms with Crippen LogP contribution in [0.25, 0.3) is 11.1 Å². The van der Waals surface area contributed by atoms with Crippen LogP contribution in [0.2, 0.25) is 0 Å². The Kier molecular flexibility index (Phi) is 4.06. The molecule has 0 aliphatic rings. The maximum Gasteiger partial charge on any atom is 0.213 e. The van der Waals surface area contributed by atoms with E-state index in [1.54, 1.807) is 0 Å². The largest absolute Gasteiger partial charge is 0.343 e. The number of hydrogen-bond acceptors (Lipinski definition) is 3. The Bertz CT molecular complexity index is 452. The maximum atomic E-state index is 4.22. The Morgan fingerprint density at radius 1 is 0.706 bits per heavy atom. The minimum atomic E-state index is 1.26. The summed E-state index contributed by atoms with van der Waals surface area (Å²) in [7, 11) is 0. The summed E-state index contributed by atoms with van der Waals surface area (Å²) in [6.07, 6.45) is 2.60. The van der Waals surface area contributed by atoms with E-state index in [0.29, 0.717) is 0 Å². The molecule has 0 radical (unpaired) electrons. The highest BCUT2D eigenvalue weighted by molar-refractivity contribution is 5.62. The summed E-state index contributed by atoms with van der Waals surface area (Å²) in [6.45, 7) is 0. The smallest absolute Gasteiger partial charge is 0.213 e. The number of aromatic nitrogens is 2. The molecule has 0 amide bonds. The van der Waals surface area contributed by atoms with Crippen molar-refractivity contribution >= 4 is 0 Å². The van der Waals surface area contributed by atoms with Crippen molar-refractivity contribution in [1.29, 1.82) is 0 Å². The van der Waals surface area contributed by atoms with Crippen LogP contribution < -0.4 is 0 Å². The molecule has 17 heavy (non-hydrogen) atoms. The predicted molar refractivity (Wildman–Crippen MR) is 66.2 cm³/mol. The van der Waals surface area contributed by atoms with Gasteiger partial charge in [0, 0.05) is 0 Å². The molecule has 0 bridgehead atoms. The van der Waals surface area contributed by atoms with Crippen LogP contribution in [0.1, 0.15) is 0 Å². The van der Waals surface area contributed by atoms with E-state index in [0.717, 1.165) is 0 Å². The SMILES string of the molecule is c1ccc(-c2ccccc2)cc1.c1ncon1. The van der Waals surface area contributed by atoms with Gasteiger partial charge in [-0.3, -0.25) is 0 Å². The molecule has 0 spiro atoms. The molecule has 3 heteroatoms. The van der Waals surface area contributed by atoms with Crippen molar-refractivity contribution in [2.45, 2.75) is 0 Å². The second kappa shape index (κ2) is 6.23. The van der Waals surface area contributed by atoms with E-state index < -0.39 is 0 Å². The highest BCUT2D eigenvalue weighted by atomic mass is 16.5. The van der Waals surface area contributed by atoms with Gasteiger partial charge in [-0.15, -0.1) is 0 Å². The van der Waals surface area contributed by atoms with Gasteiger partial charge in [0.25, 0.3) is 0 Å². The molecule has 3 aromatic rings. The Labute approximate surface area is 99.7 Å². The van der Waals surface area contributed by atoms with Gasteiger partial charge in [-0.2, -0.15) is 0 Å². The molecule has 0 aliphatic heterocycles. The van der Waals surface area contributed by atoms with Crippen LogP contribution >= 0.6 is 0 Å². The molecule has 0 saturated carbocycles. The van der Waals surface area contributed by atoms with E-state index in [-0.39, 0.29) is 0 Å². The number of hydrogen-bond donors (Lipinski definition) is 0. The molecule has 0 fully saturated rings. The highest BCUT2D eigenvalue weighted by Gasteiger charge is 1.91. The third-order valence-corrected chi connectivity index (χ3v) is 2.16. The van der Waals surface area contributed by atoms with Gasteiger partial charge < -0.3 is 4.52 Å². The molecule has 1 aromatic heterocycles. The van der Waals surface area contributed by atoms with Crippen molar-refractivity contribution < 1.29 is 4.52 Å². The number of benzene rings is 2. The van der Waals surface area contributed by atoms with Crippen LogP contribution in [-0.4, -0.2) is 10.1 Å². The molecule has 1 heterocycles. The summed E-state index contributed by atoms with van der Waals surface area (Å²) in [5.74, 6) is 0. The maximum absolute atomic E-state index is 4.22. The van der Waals surface area contributed by atoms with Crippen LogP contribution in [0.3, 0.4) is 0 Å². The van der Waals surface area contributed by atoms with Gasteiger partial charge in [0.15, 0.2) is 6.33 Å². The van der Waals surface area contributed by atoms with Crippen LogP contribution in [0.15, 0.2) is 77.9 Å². The molecule has 0 atom stereocenters. The van der Waals surface area contributed by atoms with Gasteiger partial charge in [-0.05, 0) is 11.1 Å². The van der Waals surface area contributed by atoms with Crippen LogP contribution in [0.5, 0.6) is 0 Å². The molecule has 0 saturated heterocycles. The Morgan fingerprint density at radius 2 is 1.24 bits per heavy atom. The average molecular weight is 224 g/mol. The Balaban J connectivity index is 0.000000181. The summed E-state index contributed by atoms with van der Waals surface area (Å²) in [4.78, 5) is 3.44. The summed E-state index contributed by atoms with van der Waals surface area (Å²) in [5, 5.41) is 3.24. The molecular weight excluding hydrogens is 212 g/mol. The second-order valence-electron chi connectivity index (χ2n) is 3.31. The quantitative estimate of drug-likeness (QED) is 0.635. The monoisotopic (exact) mass is 224 g/mol. The Morgan fingerprint density at radius 3 is 1.53 bits per heavy atom. The average Bonchev–Trinajstić information content (AvgIpc) is 3.00. The van der Waals surface area contributed by atoms with Crippen LogP contribution in [0, 0.1) is 0 Å². The van der Waals surface area contributed by atoms with E-state index in [4.69, 9.17) is 0 Å². The fourth-order valence-electron chi connectivity index (χ4n) is 1.40. The van der Waals surface area contributed by atoms with Gasteiger partial charge >= 0.3 is 0 Å². The number of rotatable bonds is 1. The van der Waals surface area contributed by atoms with Crippen molar-refractivity contribution in [2.75, 3.05) is 0 Å². The zero-order valence-electron chi connectivity index (χ0n) is 9.23. The van der Waals surface area contributed by atoms with Gasteiger partial charge in [0.2, 0.25) is 6.39 Å². The lowest BCUT2D eigenvalue weighted by atomic mass is 10.1. The first-order chi connectivity index (χ1) is 8.47. The lowest BCUT2D eigenvalue weighted by Gasteiger charge is -1.98. The second-order valence-corrected chi connectivity index (χ2v) is 3.31. The fraction of sp³-hybridized carbons (Fsp3) is 0. The minimum Gasteiger partial charge on any atom is -0.343 e. The summed E-state index contributed by atoms with van der Waals surface area (Å²) in [5.41, 5.74) is 2.55. The fourth-order valence-corrected chi connectivity index (χ4v) is 1.40.